The van der Waals surface area contributed by atoms with Crippen molar-refractivity contribution in [3.63, 3.8) is 0 Å². The summed E-state index contributed by atoms with van der Waals surface area (Å²) in [6, 6.07) is 1.01. The molecular formula is C8H8F2N2O2. The molecule has 0 bridgehead atoms. The predicted octanol–water partition coefficient (Wildman–Crippen LogP) is 1.13. The summed E-state index contributed by atoms with van der Waals surface area (Å²) in [5.74, 6) is -1.88. The average Bonchev–Trinajstić information content (AvgIpc) is 2.07. The molecule has 1 heterocycles. The largest absolute Gasteiger partial charge is 0.505 e. The molecule has 0 aliphatic heterocycles. The second-order valence-corrected chi connectivity index (χ2v) is 2.72. The summed E-state index contributed by atoms with van der Waals surface area (Å²) in [6.45, 7) is 1.43. The number of nitrogens with two attached hydrogens (primary N) is 1. The van der Waals surface area contributed by atoms with Crippen molar-refractivity contribution in [2.75, 3.05) is 0 Å². The Bertz CT molecular complexity index is 380. The fourth-order valence-corrected chi connectivity index (χ4v) is 1.03. The molecule has 0 aliphatic rings. The van der Waals surface area contributed by atoms with Gasteiger partial charge in [0.25, 0.3) is 12.3 Å². The van der Waals surface area contributed by atoms with Gasteiger partial charge in [0.1, 0.15) is 0 Å². The highest BCUT2D eigenvalue weighted by molar-refractivity contribution is 5.93. The van der Waals surface area contributed by atoms with Crippen molar-refractivity contribution in [2.45, 2.75) is 13.3 Å². The van der Waals surface area contributed by atoms with Gasteiger partial charge in [-0.1, -0.05) is 0 Å². The first-order chi connectivity index (χ1) is 6.43. The maximum atomic E-state index is 12.3. The number of primary amides is 1. The van der Waals surface area contributed by atoms with Gasteiger partial charge in [0.2, 0.25) is 0 Å². The monoisotopic (exact) mass is 202 g/mol. The zero-order chi connectivity index (χ0) is 10.9. The topological polar surface area (TPSA) is 76.2 Å². The van der Waals surface area contributed by atoms with E-state index in [1.807, 2.05) is 0 Å². The van der Waals surface area contributed by atoms with Crippen molar-refractivity contribution in [3.05, 3.63) is 23.0 Å². The van der Waals surface area contributed by atoms with Gasteiger partial charge in [-0.3, -0.25) is 4.79 Å². The minimum Gasteiger partial charge on any atom is -0.505 e. The van der Waals surface area contributed by atoms with E-state index in [2.05, 4.69) is 4.98 Å². The third-order valence-electron chi connectivity index (χ3n) is 1.62. The molecule has 0 atom stereocenters. The van der Waals surface area contributed by atoms with Gasteiger partial charge in [-0.05, 0) is 13.0 Å². The zero-order valence-corrected chi connectivity index (χ0v) is 7.29. The molecule has 1 rings (SSSR count). The number of hydrogen-bond acceptors (Lipinski definition) is 3. The zero-order valence-electron chi connectivity index (χ0n) is 7.29. The maximum absolute atomic E-state index is 12.3. The van der Waals surface area contributed by atoms with Crippen LogP contribution in [0.4, 0.5) is 8.78 Å². The third kappa shape index (κ3) is 1.78. The number of halogens is 2. The predicted molar refractivity (Wildman–Crippen MR) is 44.1 cm³/mol. The number of amides is 1. The molecule has 0 aliphatic carbocycles. The van der Waals surface area contributed by atoms with Gasteiger partial charge in [-0.25, -0.2) is 13.8 Å². The average molecular weight is 202 g/mol. The van der Waals surface area contributed by atoms with Crippen LogP contribution in [0.2, 0.25) is 0 Å². The van der Waals surface area contributed by atoms with Crippen LogP contribution in [0.25, 0.3) is 0 Å². The van der Waals surface area contributed by atoms with Gasteiger partial charge in [0.05, 0.1) is 5.56 Å². The van der Waals surface area contributed by atoms with Crippen LogP contribution in [-0.4, -0.2) is 16.0 Å². The van der Waals surface area contributed by atoms with Gasteiger partial charge in [0.15, 0.2) is 11.4 Å². The highest BCUT2D eigenvalue weighted by Gasteiger charge is 2.20. The lowest BCUT2D eigenvalue weighted by Gasteiger charge is -2.07. The molecule has 1 amide bonds. The van der Waals surface area contributed by atoms with Crippen LogP contribution >= 0.6 is 0 Å². The fraction of sp³-hybridized carbons (Fsp3) is 0.250. The number of hydrogen-bond donors (Lipinski definition) is 2. The van der Waals surface area contributed by atoms with Crippen molar-refractivity contribution >= 4 is 5.91 Å². The van der Waals surface area contributed by atoms with Crippen molar-refractivity contribution in [1.29, 1.82) is 0 Å². The van der Waals surface area contributed by atoms with Crippen LogP contribution in [0.3, 0.4) is 0 Å². The highest BCUT2D eigenvalue weighted by Crippen LogP contribution is 2.30. The van der Waals surface area contributed by atoms with E-state index < -0.39 is 29.3 Å². The summed E-state index contributed by atoms with van der Waals surface area (Å²) in [4.78, 5) is 14.3. The van der Waals surface area contributed by atoms with E-state index >= 15 is 0 Å². The van der Waals surface area contributed by atoms with Crippen LogP contribution < -0.4 is 5.73 Å². The Morgan fingerprint density at radius 3 is 2.64 bits per heavy atom. The van der Waals surface area contributed by atoms with Crippen LogP contribution in [-0.2, 0) is 0 Å². The van der Waals surface area contributed by atoms with Crippen molar-refractivity contribution in [1.82, 2.24) is 4.98 Å². The summed E-state index contributed by atoms with van der Waals surface area (Å²) >= 11 is 0. The number of pyridine rings is 1. The number of carbonyl (C=O) groups is 1. The Balaban J connectivity index is 3.40. The highest BCUT2D eigenvalue weighted by atomic mass is 19.3. The molecule has 0 spiro atoms. The standard InChI is InChI=1S/C8H8F2N2O2/c1-3-2-4(7(9)10)6(13)5(12-3)8(11)14/h2,7,13H,1H3,(H2,11,14). The van der Waals surface area contributed by atoms with Gasteiger partial charge in [-0.15, -0.1) is 0 Å². The minimum absolute atomic E-state index is 0.201. The van der Waals surface area contributed by atoms with Gasteiger partial charge in [-0.2, -0.15) is 0 Å². The molecule has 0 fully saturated rings. The van der Waals surface area contributed by atoms with E-state index in [-0.39, 0.29) is 5.69 Å². The Hall–Kier alpha value is -1.72. The normalized spacial score (nSPS) is 10.6. The third-order valence-corrected chi connectivity index (χ3v) is 1.62. The second kappa shape index (κ2) is 3.57. The van der Waals surface area contributed by atoms with E-state index in [0.29, 0.717) is 0 Å². The lowest BCUT2D eigenvalue weighted by Crippen LogP contribution is -2.14. The molecule has 0 radical (unpaired) electrons. The molecule has 0 saturated carbocycles. The van der Waals surface area contributed by atoms with E-state index in [1.165, 1.54) is 6.92 Å². The lowest BCUT2D eigenvalue weighted by atomic mass is 10.1. The van der Waals surface area contributed by atoms with Crippen LogP contribution in [0, 0.1) is 6.92 Å². The first-order valence-corrected chi connectivity index (χ1v) is 3.72. The Kier molecular flexibility index (Phi) is 2.64. The molecule has 0 unspecified atom stereocenters. The van der Waals surface area contributed by atoms with Crippen LogP contribution in [0.15, 0.2) is 6.07 Å². The van der Waals surface area contributed by atoms with Crippen molar-refractivity contribution in [2.24, 2.45) is 5.73 Å². The van der Waals surface area contributed by atoms with Crippen molar-refractivity contribution in [3.8, 4) is 5.75 Å². The summed E-state index contributed by atoms with van der Waals surface area (Å²) in [7, 11) is 0. The smallest absolute Gasteiger partial charge is 0.271 e. The Morgan fingerprint density at radius 1 is 1.64 bits per heavy atom. The first-order valence-electron chi connectivity index (χ1n) is 3.72. The first kappa shape index (κ1) is 10.4. The number of rotatable bonds is 2. The van der Waals surface area contributed by atoms with Crippen molar-refractivity contribution < 1.29 is 18.7 Å². The van der Waals surface area contributed by atoms with E-state index in [1.54, 1.807) is 0 Å². The number of aryl methyl sites for hydroxylation is 1. The second-order valence-electron chi connectivity index (χ2n) is 2.72. The molecule has 3 N–H and O–H groups in total. The molecule has 0 aromatic carbocycles. The van der Waals surface area contributed by atoms with Crippen LogP contribution in [0.1, 0.15) is 28.2 Å². The fourth-order valence-electron chi connectivity index (χ4n) is 1.03. The number of carbonyl (C=O) groups excluding carboxylic acids is 1. The van der Waals surface area contributed by atoms with E-state index in [9.17, 15) is 18.7 Å². The molecule has 1 aromatic rings. The number of alkyl halides is 2. The Morgan fingerprint density at radius 2 is 2.21 bits per heavy atom. The molecule has 6 heteroatoms. The van der Waals surface area contributed by atoms with Crippen LogP contribution in [0.5, 0.6) is 5.75 Å². The lowest BCUT2D eigenvalue weighted by molar-refractivity contribution is 0.0991. The van der Waals surface area contributed by atoms with Gasteiger partial charge < -0.3 is 10.8 Å². The van der Waals surface area contributed by atoms with Gasteiger partial charge in [0, 0.05) is 5.69 Å². The minimum atomic E-state index is -2.87. The van der Waals surface area contributed by atoms with Gasteiger partial charge >= 0.3 is 0 Å². The number of aromatic hydroxyl groups is 1. The summed E-state index contributed by atoms with van der Waals surface area (Å²) in [5.41, 5.74) is 3.89. The van der Waals surface area contributed by atoms with E-state index in [4.69, 9.17) is 5.73 Å². The molecule has 0 saturated heterocycles. The summed E-state index contributed by atoms with van der Waals surface area (Å²) < 4.78 is 24.6. The summed E-state index contributed by atoms with van der Waals surface area (Å²) in [6.07, 6.45) is -2.87. The summed E-state index contributed by atoms with van der Waals surface area (Å²) in [5, 5.41) is 9.21. The molecule has 14 heavy (non-hydrogen) atoms. The quantitative estimate of drug-likeness (QED) is 0.754. The number of nitrogens with zero attached hydrogens (tertiary/aromatic N) is 1. The van der Waals surface area contributed by atoms with E-state index in [0.717, 1.165) is 6.07 Å². The molecule has 4 nitrogen and oxygen atoms in total. The molecular weight excluding hydrogens is 194 g/mol. The number of aromatic nitrogens is 1. The SMILES string of the molecule is Cc1cc(C(F)F)c(O)c(C(N)=O)n1. The molecule has 1 aromatic heterocycles. The molecule has 76 valence electrons. The Labute approximate surface area is 78.4 Å². The maximum Gasteiger partial charge on any atom is 0.271 e.